The molecular formula is C25H24O5. The number of ether oxygens (including phenoxy) is 4. The number of hydrogen-bond acceptors (Lipinski definition) is 5. The Morgan fingerprint density at radius 3 is 2.23 bits per heavy atom. The van der Waals surface area contributed by atoms with Crippen LogP contribution in [0.5, 0.6) is 23.0 Å². The number of methoxy groups -OCH3 is 3. The van der Waals surface area contributed by atoms with Crippen LogP contribution in [0.1, 0.15) is 21.5 Å². The maximum atomic E-state index is 12.5. The lowest BCUT2D eigenvalue weighted by molar-refractivity contribution is 0.104. The first-order valence-corrected chi connectivity index (χ1v) is 9.43. The Bertz CT molecular complexity index is 1020. The van der Waals surface area contributed by atoms with Crippen molar-refractivity contribution in [2.24, 2.45) is 0 Å². The molecule has 3 aromatic carbocycles. The normalized spacial score (nSPS) is 10.6. The quantitative estimate of drug-likeness (QED) is 0.363. The summed E-state index contributed by atoms with van der Waals surface area (Å²) < 4.78 is 21.6. The van der Waals surface area contributed by atoms with E-state index in [9.17, 15) is 4.79 Å². The van der Waals surface area contributed by atoms with Gasteiger partial charge in [-0.15, -0.1) is 0 Å². The van der Waals surface area contributed by atoms with Crippen molar-refractivity contribution in [2.45, 2.75) is 6.61 Å². The third kappa shape index (κ3) is 5.41. The molecule has 5 nitrogen and oxygen atoms in total. The molecule has 0 aliphatic rings. The van der Waals surface area contributed by atoms with E-state index in [1.165, 1.54) is 0 Å². The zero-order valence-corrected chi connectivity index (χ0v) is 17.3. The highest BCUT2D eigenvalue weighted by atomic mass is 16.5. The average Bonchev–Trinajstić information content (AvgIpc) is 2.81. The first-order chi connectivity index (χ1) is 14.6. The molecule has 0 aliphatic carbocycles. The van der Waals surface area contributed by atoms with E-state index in [0.717, 1.165) is 28.4 Å². The van der Waals surface area contributed by atoms with E-state index in [1.54, 1.807) is 57.7 Å². The van der Waals surface area contributed by atoms with Crippen molar-refractivity contribution >= 4 is 11.9 Å². The third-order valence-electron chi connectivity index (χ3n) is 4.54. The molecule has 0 aliphatic heterocycles. The van der Waals surface area contributed by atoms with Crippen molar-refractivity contribution in [1.29, 1.82) is 0 Å². The third-order valence-corrected chi connectivity index (χ3v) is 4.54. The molecule has 0 saturated carbocycles. The molecule has 0 spiro atoms. The number of carbonyl (C=O) groups is 1. The molecule has 0 amide bonds. The first-order valence-electron chi connectivity index (χ1n) is 9.43. The Balaban J connectivity index is 1.72. The lowest BCUT2D eigenvalue weighted by Crippen LogP contribution is -1.99. The second-order valence-electron chi connectivity index (χ2n) is 6.47. The highest BCUT2D eigenvalue weighted by Crippen LogP contribution is 2.24. The summed E-state index contributed by atoms with van der Waals surface area (Å²) in [7, 11) is 4.82. The summed E-state index contributed by atoms with van der Waals surface area (Å²) in [4.78, 5) is 12.5. The summed E-state index contributed by atoms with van der Waals surface area (Å²) >= 11 is 0. The van der Waals surface area contributed by atoms with E-state index < -0.39 is 0 Å². The zero-order valence-electron chi connectivity index (χ0n) is 17.3. The van der Waals surface area contributed by atoms with Crippen molar-refractivity contribution in [2.75, 3.05) is 21.3 Å². The van der Waals surface area contributed by atoms with Crippen LogP contribution in [-0.4, -0.2) is 27.1 Å². The van der Waals surface area contributed by atoms with Gasteiger partial charge in [-0.25, -0.2) is 0 Å². The summed E-state index contributed by atoms with van der Waals surface area (Å²) in [6.07, 6.45) is 3.32. The molecule has 0 unspecified atom stereocenters. The number of carbonyl (C=O) groups excluding carboxylic acids is 1. The molecule has 154 valence electrons. The molecule has 3 rings (SSSR count). The van der Waals surface area contributed by atoms with Gasteiger partial charge in [0.25, 0.3) is 0 Å². The summed E-state index contributed by atoms with van der Waals surface area (Å²) in [5, 5.41) is 0. The summed E-state index contributed by atoms with van der Waals surface area (Å²) in [6, 6.07) is 20.2. The topological polar surface area (TPSA) is 54.0 Å². The minimum Gasteiger partial charge on any atom is -0.497 e. The number of allylic oxidation sites excluding steroid dienone is 1. The van der Waals surface area contributed by atoms with Crippen molar-refractivity contribution in [3.8, 4) is 23.0 Å². The van der Waals surface area contributed by atoms with Gasteiger partial charge in [0.15, 0.2) is 5.78 Å². The molecule has 0 N–H and O–H groups in total. The minimum absolute atomic E-state index is 0.0965. The number of hydrogen-bond donors (Lipinski definition) is 0. The van der Waals surface area contributed by atoms with Crippen molar-refractivity contribution < 1.29 is 23.7 Å². The molecule has 0 heterocycles. The SMILES string of the molecule is COc1ccc(OCc2cc(/C=C/C(=O)c3cccc(OC)c3)ccc2OC)cc1. The van der Waals surface area contributed by atoms with Gasteiger partial charge >= 0.3 is 0 Å². The molecule has 0 fully saturated rings. The summed E-state index contributed by atoms with van der Waals surface area (Å²) in [5.41, 5.74) is 2.33. The van der Waals surface area contributed by atoms with Gasteiger partial charge in [0.05, 0.1) is 21.3 Å². The van der Waals surface area contributed by atoms with Crippen LogP contribution >= 0.6 is 0 Å². The molecule has 0 saturated heterocycles. The van der Waals surface area contributed by atoms with E-state index in [0.29, 0.717) is 17.9 Å². The Morgan fingerprint density at radius 1 is 0.800 bits per heavy atom. The summed E-state index contributed by atoms with van der Waals surface area (Å²) in [6.45, 7) is 0.334. The van der Waals surface area contributed by atoms with Crippen LogP contribution in [0, 0.1) is 0 Å². The van der Waals surface area contributed by atoms with Crippen LogP contribution in [-0.2, 0) is 6.61 Å². The van der Waals surface area contributed by atoms with E-state index in [-0.39, 0.29) is 5.78 Å². The Hall–Kier alpha value is -3.73. The molecule has 3 aromatic rings. The molecule has 0 bridgehead atoms. The maximum Gasteiger partial charge on any atom is 0.185 e. The lowest BCUT2D eigenvalue weighted by Gasteiger charge is -2.11. The number of ketones is 1. The minimum atomic E-state index is -0.0965. The van der Waals surface area contributed by atoms with Crippen molar-refractivity contribution in [1.82, 2.24) is 0 Å². The zero-order chi connectivity index (χ0) is 21.3. The van der Waals surface area contributed by atoms with Gasteiger partial charge in [-0.2, -0.15) is 0 Å². The van der Waals surface area contributed by atoms with Crippen LogP contribution in [0.15, 0.2) is 72.8 Å². The molecule has 0 aromatic heterocycles. The van der Waals surface area contributed by atoms with Gasteiger partial charge in [-0.3, -0.25) is 4.79 Å². The van der Waals surface area contributed by atoms with Crippen molar-refractivity contribution in [3.63, 3.8) is 0 Å². The predicted octanol–water partition coefficient (Wildman–Crippen LogP) is 5.19. The lowest BCUT2D eigenvalue weighted by atomic mass is 10.1. The fourth-order valence-electron chi connectivity index (χ4n) is 2.89. The highest BCUT2D eigenvalue weighted by molar-refractivity contribution is 6.07. The molecular weight excluding hydrogens is 380 g/mol. The maximum absolute atomic E-state index is 12.5. The number of benzene rings is 3. The Labute approximate surface area is 176 Å². The fourth-order valence-corrected chi connectivity index (χ4v) is 2.89. The summed E-state index contributed by atoms with van der Waals surface area (Å²) in [5.74, 6) is 2.77. The van der Waals surface area contributed by atoms with Crippen LogP contribution < -0.4 is 18.9 Å². The second-order valence-corrected chi connectivity index (χ2v) is 6.47. The number of rotatable bonds is 9. The van der Waals surface area contributed by atoms with Gasteiger partial charge in [0.1, 0.15) is 29.6 Å². The van der Waals surface area contributed by atoms with E-state index in [1.807, 2.05) is 42.5 Å². The standard InChI is InChI=1S/C25H24O5/c1-27-21-9-11-22(12-10-21)30-17-20-15-18(8-14-25(20)29-3)7-13-24(26)19-5-4-6-23(16-19)28-2/h4-16H,17H2,1-3H3/b13-7+. The van der Waals surface area contributed by atoms with Crippen molar-refractivity contribution in [3.05, 3.63) is 89.5 Å². The van der Waals surface area contributed by atoms with Gasteiger partial charge in [-0.05, 0) is 60.2 Å². The molecule has 0 radical (unpaired) electrons. The fraction of sp³-hybridized carbons (Fsp3) is 0.160. The van der Waals surface area contributed by atoms with Gasteiger partial charge in [-0.1, -0.05) is 24.3 Å². The van der Waals surface area contributed by atoms with Gasteiger partial charge in [0, 0.05) is 11.1 Å². The first kappa shape index (κ1) is 21.0. The molecule has 5 heteroatoms. The monoisotopic (exact) mass is 404 g/mol. The van der Waals surface area contributed by atoms with E-state index in [2.05, 4.69) is 0 Å². The van der Waals surface area contributed by atoms with E-state index in [4.69, 9.17) is 18.9 Å². The van der Waals surface area contributed by atoms with Crippen LogP contribution in [0.25, 0.3) is 6.08 Å². The molecule has 0 atom stereocenters. The largest absolute Gasteiger partial charge is 0.497 e. The second kappa shape index (κ2) is 10.2. The van der Waals surface area contributed by atoms with Crippen LogP contribution in [0.2, 0.25) is 0 Å². The molecule has 30 heavy (non-hydrogen) atoms. The van der Waals surface area contributed by atoms with Gasteiger partial charge < -0.3 is 18.9 Å². The predicted molar refractivity (Wildman–Crippen MR) is 117 cm³/mol. The van der Waals surface area contributed by atoms with Crippen LogP contribution in [0.4, 0.5) is 0 Å². The van der Waals surface area contributed by atoms with Crippen LogP contribution in [0.3, 0.4) is 0 Å². The highest BCUT2D eigenvalue weighted by Gasteiger charge is 2.07. The Kier molecular flexibility index (Phi) is 7.11. The van der Waals surface area contributed by atoms with E-state index >= 15 is 0 Å². The smallest absolute Gasteiger partial charge is 0.185 e. The average molecular weight is 404 g/mol. The Morgan fingerprint density at radius 2 is 1.53 bits per heavy atom. The van der Waals surface area contributed by atoms with Gasteiger partial charge in [0.2, 0.25) is 0 Å².